The van der Waals surface area contributed by atoms with Crippen molar-refractivity contribution < 1.29 is 18.5 Å². The first-order valence-electron chi connectivity index (χ1n) is 9.50. The van der Waals surface area contributed by atoms with E-state index in [9.17, 15) is 23.8 Å². The second-order valence-electron chi connectivity index (χ2n) is 8.17. The Bertz CT molecular complexity index is 1170. The van der Waals surface area contributed by atoms with Gasteiger partial charge in [0.25, 0.3) is 0 Å². The van der Waals surface area contributed by atoms with Crippen LogP contribution in [0.4, 0.5) is 14.9 Å². The number of aliphatic hydroxyl groups is 1. The van der Waals surface area contributed by atoms with Gasteiger partial charge in [0.05, 0.1) is 17.4 Å². The van der Waals surface area contributed by atoms with Crippen molar-refractivity contribution in [3.63, 3.8) is 0 Å². The molecule has 2 amide bonds. The van der Waals surface area contributed by atoms with Gasteiger partial charge < -0.3 is 10.4 Å². The second-order valence-corrected chi connectivity index (χ2v) is 11.2. The van der Waals surface area contributed by atoms with Gasteiger partial charge in [-0.2, -0.15) is 5.26 Å². The number of thiazole rings is 1. The lowest BCUT2D eigenvalue weighted by molar-refractivity contribution is 0.0783. The molecule has 31 heavy (non-hydrogen) atoms. The topological polar surface area (TPSA) is 141 Å². The molecule has 0 fully saturated rings. The fraction of sp³-hybridized carbons (Fsp3) is 0.450. The Morgan fingerprint density at radius 3 is 2.45 bits per heavy atom. The van der Waals surface area contributed by atoms with E-state index in [2.05, 4.69) is 14.7 Å². The Hall–Kier alpha value is -2.39. The molecule has 168 valence electrons. The summed E-state index contributed by atoms with van der Waals surface area (Å²) in [6.07, 6.45) is 1.21. The molecule has 1 unspecified atom stereocenters. The summed E-state index contributed by atoms with van der Waals surface area (Å²) in [6.45, 7) is 10.2. The minimum absolute atomic E-state index is 0.0268. The molecule has 1 aromatic heterocycles. The number of urea groups is 1. The van der Waals surface area contributed by atoms with Crippen molar-refractivity contribution in [3.8, 4) is 6.07 Å². The van der Waals surface area contributed by atoms with Crippen molar-refractivity contribution in [1.82, 2.24) is 4.98 Å². The van der Waals surface area contributed by atoms with Gasteiger partial charge in [0, 0.05) is 5.56 Å². The average Bonchev–Trinajstić information content (AvgIpc) is 3.12. The summed E-state index contributed by atoms with van der Waals surface area (Å²) in [5.41, 5.74) is -0.479. The van der Waals surface area contributed by atoms with Crippen molar-refractivity contribution >= 4 is 33.0 Å². The largest absolute Gasteiger partial charge is 0.383 e. The number of nitrogens with one attached hydrogen (secondary N) is 1. The Kier molecular flexibility index (Phi) is 7.22. The highest BCUT2D eigenvalue weighted by Crippen LogP contribution is 2.36. The maximum atomic E-state index is 14.9. The highest BCUT2D eigenvalue weighted by atomic mass is 32.2. The molecule has 1 heterocycles. The molecule has 0 aliphatic rings. The summed E-state index contributed by atoms with van der Waals surface area (Å²) in [7, 11) is -3.65. The SMILES string of the molecule is CC(C)c1cc(C#N)c(F)c(C(C)C)c1NC(=O)N=S(N)(=O)c1cnc(C(C)(C)O)s1. The predicted molar refractivity (Wildman–Crippen MR) is 119 cm³/mol. The number of carbonyl (C=O) groups is 1. The molecule has 1 atom stereocenters. The summed E-state index contributed by atoms with van der Waals surface area (Å²) < 4.78 is 31.4. The average molecular weight is 468 g/mol. The van der Waals surface area contributed by atoms with E-state index < -0.39 is 27.4 Å². The van der Waals surface area contributed by atoms with Gasteiger partial charge in [0.2, 0.25) is 0 Å². The smallest absolute Gasteiger partial charge is 0.354 e. The lowest BCUT2D eigenvalue weighted by atomic mass is 9.90. The third-order valence-corrected chi connectivity index (χ3v) is 7.59. The first-order valence-corrected chi connectivity index (χ1v) is 11.9. The Morgan fingerprint density at radius 1 is 1.39 bits per heavy atom. The molecule has 11 heteroatoms. The summed E-state index contributed by atoms with van der Waals surface area (Å²) >= 11 is 0.887. The number of hydrogen-bond acceptors (Lipinski definition) is 6. The maximum absolute atomic E-state index is 14.9. The summed E-state index contributed by atoms with van der Waals surface area (Å²) in [6, 6.07) is 2.21. The third-order valence-electron chi connectivity index (χ3n) is 4.40. The fourth-order valence-electron chi connectivity index (χ4n) is 2.89. The highest BCUT2D eigenvalue weighted by molar-refractivity contribution is 7.93. The molecule has 0 radical (unpaired) electrons. The van der Waals surface area contributed by atoms with Crippen LogP contribution in [0.1, 0.15) is 75.1 Å². The number of aromatic nitrogens is 1. The van der Waals surface area contributed by atoms with Gasteiger partial charge in [0.1, 0.15) is 26.7 Å². The van der Waals surface area contributed by atoms with Gasteiger partial charge in [-0.1, -0.05) is 27.7 Å². The lowest BCUT2D eigenvalue weighted by Gasteiger charge is -2.21. The van der Waals surface area contributed by atoms with Gasteiger partial charge in [0.15, 0.2) is 9.92 Å². The van der Waals surface area contributed by atoms with E-state index >= 15 is 0 Å². The molecule has 2 rings (SSSR count). The zero-order chi connectivity index (χ0) is 23.7. The van der Waals surface area contributed by atoms with Crippen molar-refractivity contribution in [2.24, 2.45) is 9.50 Å². The minimum atomic E-state index is -3.65. The van der Waals surface area contributed by atoms with Crippen molar-refractivity contribution in [1.29, 1.82) is 5.26 Å². The van der Waals surface area contributed by atoms with Crippen LogP contribution in [-0.4, -0.2) is 20.3 Å². The fourth-order valence-corrected chi connectivity index (χ4v) is 4.96. The number of nitriles is 1. The standard InChI is InChI=1S/C20H26FN5O3S2/c1-10(2)13-7-12(8-22)16(21)15(11(3)4)17(13)25-19(27)26-31(23,29)14-9-24-18(30-14)20(5,6)28/h7,9-11,28H,1-6H3,(H3,23,25,26,27,29). The molecule has 2 aromatic rings. The van der Waals surface area contributed by atoms with E-state index in [1.807, 2.05) is 19.9 Å². The Labute approximate surface area is 185 Å². The Morgan fingerprint density at radius 2 is 2.00 bits per heavy atom. The molecule has 8 nitrogen and oxygen atoms in total. The molecule has 0 aliphatic heterocycles. The molecule has 0 spiro atoms. The van der Waals surface area contributed by atoms with E-state index in [0.717, 1.165) is 11.3 Å². The summed E-state index contributed by atoms with van der Waals surface area (Å²) in [5, 5.41) is 27.9. The number of benzene rings is 1. The van der Waals surface area contributed by atoms with E-state index in [1.165, 1.54) is 26.1 Å². The quantitative estimate of drug-likeness (QED) is 0.591. The van der Waals surface area contributed by atoms with Crippen LogP contribution in [0.25, 0.3) is 0 Å². The van der Waals surface area contributed by atoms with Crippen LogP contribution in [0.5, 0.6) is 0 Å². The van der Waals surface area contributed by atoms with Crippen LogP contribution in [-0.2, 0) is 15.5 Å². The number of halogens is 1. The van der Waals surface area contributed by atoms with E-state index in [4.69, 9.17) is 5.14 Å². The van der Waals surface area contributed by atoms with Crippen LogP contribution in [0.2, 0.25) is 0 Å². The third kappa shape index (κ3) is 5.46. The minimum Gasteiger partial charge on any atom is -0.383 e. The first-order chi connectivity index (χ1) is 14.2. The lowest BCUT2D eigenvalue weighted by Crippen LogP contribution is -2.19. The van der Waals surface area contributed by atoms with Gasteiger partial charge in [-0.05, 0) is 37.3 Å². The number of carbonyl (C=O) groups excluding carboxylic acids is 1. The van der Waals surface area contributed by atoms with Crippen LogP contribution < -0.4 is 10.5 Å². The summed E-state index contributed by atoms with van der Waals surface area (Å²) in [4.78, 5) is 16.6. The normalized spacial score (nSPS) is 13.7. The summed E-state index contributed by atoms with van der Waals surface area (Å²) in [5.74, 6) is -1.21. The highest BCUT2D eigenvalue weighted by Gasteiger charge is 2.25. The van der Waals surface area contributed by atoms with Gasteiger partial charge in [-0.3, -0.25) is 0 Å². The van der Waals surface area contributed by atoms with Crippen LogP contribution >= 0.6 is 11.3 Å². The molecule has 1 aromatic carbocycles. The zero-order valence-corrected chi connectivity index (χ0v) is 19.8. The number of hydrogen-bond donors (Lipinski definition) is 3. The predicted octanol–water partition coefficient (Wildman–Crippen LogP) is 4.56. The molecular weight excluding hydrogens is 441 g/mol. The molecular formula is C20H26FN5O3S2. The Balaban J connectivity index is 2.54. The maximum Gasteiger partial charge on any atom is 0.354 e. The number of rotatable bonds is 5. The van der Waals surface area contributed by atoms with Gasteiger partial charge in [-0.25, -0.2) is 23.5 Å². The van der Waals surface area contributed by atoms with Crippen molar-refractivity contribution in [3.05, 3.63) is 39.8 Å². The molecule has 0 saturated heterocycles. The number of amides is 2. The van der Waals surface area contributed by atoms with Crippen LogP contribution in [0.15, 0.2) is 20.8 Å². The number of anilines is 1. The van der Waals surface area contributed by atoms with Crippen molar-refractivity contribution in [2.45, 2.75) is 63.2 Å². The van der Waals surface area contributed by atoms with E-state index in [0.29, 0.717) is 5.56 Å². The molecule has 0 bridgehead atoms. The first kappa shape index (κ1) is 24.9. The monoisotopic (exact) mass is 467 g/mol. The number of nitrogens with two attached hydrogens (primary N) is 1. The molecule has 0 saturated carbocycles. The van der Waals surface area contributed by atoms with Gasteiger partial charge in [-0.15, -0.1) is 15.7 Å². The van der Waals surface area contributed by atoms with Gasteiger partial charge >= 0.3 is 6.03 Å². The zero-order valence-electron chi connectivity index (χ0n) is 18.2. The van der Waals surface area contributed by atoms with Crippen molar-refractivity contribution in [2.75, 3.05) is 5.32 Å². The van der Waals surface area contributed by atoms with E-state index in [-0.39, 0.29) is 37.9 Å². The molecule has 0 aliphatic carbocycles. The van der Waals surface area contributed by atoms with E-state index in [1.54, 1.807) is 13.8 Å². The van der Waals surface area contributed by atoms with Crippen LogP contribution in [0.3, 0.4) is 0 Å². The number of nitrogens with zero attached hydrogens (tertiary/aromatic N) is 3. The molecule has 4 N–H and O–H groups in total. The van der Waals surface area contributed by atoms with Crippen LogP contribution in [0, 0.1) is 17.1 Å². The second kappa shape index (κ2) is 9.00.